The van der Waals surface area contributed by atoms with Crippen molar-refractivity contribution in [2.75, 3.05) is 12.3 Å². The molecule has 0 saturated heterocycles. The maximum Gasteiger partial charge on any atom is 0.0545 e. The maximum atomic E-state index is 12.7. The van der Waals surface area contributed by atoms with E-state index in [0.29, 0.717) is 12.0 Å². The number of hydrogen-bond acceptors (Lipinski definition) is 2. The van der Waals surface area contributed by atoms with Gasteiger partial charge in [-0.3, -0.25) is 4.21 Å². The van der Waals surface area contributed by atoms with Crippen LogP contribution in [-0.2, 0) is 10.8 Å². The topological polar surface area (TPSA) is 29.1 Å². The van der Waals surface area contributed by atoms with Crippen LogP contribution in [0.1, 0.15) is 51.0 Å². The van der Waals surface area contributed by atoms with E-state index in [-0.39, 0.29) is 0 Å². The summed E-state index contributed by atoms with van der Waals surface area (Å²) in [6.45, 7) is 5.29. The Hall–Kier alpha value is -0.670. The van der Waals surface area contributed by atoms with Crippen molar-refractivity contribution >= 4 is 10.8 Å². The molecule has 0 aromatic heterocycles. The molecule has 3 heteroatoms. The number of nitrogens with one attached hydrogen (secondary N) is 1. The predicted molar refractivity (Wildman–Crippen MR) is 91.1 cm³/mol. The molecule has 0 radical (unpaired) electrons. The Morgan fingerprint density at radius 2 is 2.05 bits per heavy atom. The van der Waals surface area contributed by atoms with Gasteiger partial charge < -0.3 is 5.32 Å². The smallest absolute Gasteiger partial charge is 0.0545 e. The van der Waals surface area contributed by atoms with Gasteiger partial charge in [0.05, 0.1) is 10.8 Å². The summed E-state index contributed by atoms with van der Waals surface area (Å²) in [5.74, 6) is 1.47. The number of hydrogen-bond donors (Lipinski definition) is 1. The lowest BCUT2D eigenvalue weighted by Gasteiger charge is -2.31. The van der Waals surface area contributed by atoms with Crippen LogP contribution in [0.3, 0.4) is 0 Å². The van der Waals surface area contributed by atoms with Crippen LogP contribution in [0, 0.1) is 12.8 Å². The highest BCUT2D eigenvalue weighted by Crippen LogP contribution is 2.27. The van der Waals surface area contributed by atoms with Gasteiger partial charge in [-0.25, -0.2) is 0 Å². The lowest BCUT2D eigenvalue weighted by Crippen LogP contribution is -2.41. The molecule has 2 rings (SSSR count). The van der Waals surface area contributed by atoms with Crippen LogP contribution < -0.4 is 5.32 Å². The van der Waals surface area contributed by atoms with E-state index in [2.05, 4.69) is 31.3 Å². The molecule has 1 aliphatic carbocycles. The zero-order chi connectivity index (χ0) is 15.1. The zero-order valence-electron chi connectivity index (χ0n) is 13.4. The van der Waals surface area contributed by atoms with E-state index in [4.69, 9.17) is 0 Å². The van der Waals surface area contributed by atoms with E-state index >= 15 is 0 Å². The molecule has 0 aliphatic heterocycles. The predicted octanol–water partition coefficient (Wildman–Crippen LogP) is 4.05. The molecule has 2 atom stereocenters. The van der Waals surface area contributed by atoms with E-state index in [1.165, 1.54) is 37.7 Å². The summed E-state index contributed by atoms with van der Waals surface area (Å²) in [6.07, 6.45) is 7.79. The molecule has 1 fully saturated rings. The van der Waals surface area contributed by atoms with Gasteiger partial charge >= 0.3 is 0 Å². The molecule has 118 valence electrons. The second-order valence-electron chi connectivity index (χ2n) is 6.29. The SMILES string of the molecule is CCCNC(CS(=O)c1cccc(C)c1)C1CCCCC1. The fourth-order valence-corrected chi connectivity index (χ4v) is 4.70. The number of rotatable bonds is 7. The van der Waals surface area contributed by atoms with Gasteiger partial charge in [-0.15, -0.1) is 0 Å². The average molecular weight is 308 g/mol. The van der Waals surface area contributed by atoms with Gasteiger partial charge in [0.25, 0.3) is 0 Å². The molecule has 21 heavy (non-hydrogen) atoms. The van der Waals surface area contributed by atoms with E-state index in [1.54, 1.807) is 0 Å². The Bertz CT molecular complexity index is 454. The highest BCUT2D eigenvalue weighted by atomic mass is 32.2. The second-order valence-corrected chi connectivity index (χ2v) is 7.78. The van der Waals surface area contributed by atoms with Gasteiger partial charge in [0.15, 0.2) is 0 Å². The van der Waals surface area contributed by atoms with Crippen molar-refractivity contribution in [1.29, 1.82) is 0 Å². The number of aryl methyl sites for hydroxylation is 1. The van der Waals surface area contributed by atoms with Crippen molar-refractivity contribution < 1.29 is 4.21 Å². The summed E-state index contributed by atoms with van der Waals surface area (Å²) in [5, 5.41) is 3.66. The van der Waals surface area contributed by atoms with Crippen molar-refractivity contribution in [3.63, 3.8) is 0 Å². The molecule has 0 amide bonds. The van der Waals surface area contributed by atoms with Gasteiger partial charge in [-0.1, -0.05) is 38.3 Å². The van der Waals surface area contributed by atoms with Crippen LogP contribution in [0.4, 0.5) is 0 Å². The maximum absolute atomic E-state index is 12.7. The van der Waals surface area contributed by atoms with E-state index < -0.39 is 10.8 Å². The van der Waals surface area contributed by atoms with Gasteiger partial charge in [-0.05, 0) is 56.3 Å². The molecule has 1 aliphatic rings. The first kappa shape index (κ1) is 16.7. The third-order valence-electron chi connectivity index (χ3n) is 4.46. The van der Waals surface area contributed by atoms with Crippen LogP contribution in [-0.4, -0.2) is 22.5 Å². The van der Waals surface area contributed by atoms with Gasteiger partial charge in [-0.2, -0.15) is 0 Å². The van der Waals surface area contributed by atoms with Crippen molar-refractivity contribution in [2.24, 2.45) is 5.92 Å². The van der Waals surface area contributed by atoms with Gasteiger partial charge in [0.2, 0.25) is 0 Å². The Morgan fingerprint density at radius 1 is 1.29 bits per heavy atom. The summed E-state index contributed by atoms with van der Waals surface area (Å²) >= 11 is 0. The molecular formula is C18H29NOS. The Kier molecular flexibility index (Phi) is 6.91. The molecule has 1 aromatic rings. The lowest BCUT2D eigenvalue weighted by molar-refractivity contribution is 0.284. The van der Waals surface area contributed by atoms with Crippen LogP contribution in [0.5, 0.6) is 0 Å². The van der Waals surface area contributed by atoms with Gasteiger partial charge in [0, 0.05) is 16.7 Å². The molecule has 1 aromatic carbocycles. The summed E-state index contributed by atoms with van der Waals surface area (Å²) < 4.78 is 12.7. The first-order chi connectivity index (χ1) is 10.2. The molecule has 1 N–H and O–H groups in total. The van der Waals surface area contributed by atoms with Crippen molar-refractivity contribution in [2.45, 2.75) is 63.3 Å². The highest BCUT2D eigenvalue weighted by molar-refractivity contribution is 7.85. The fraction of sp³-hybridized carbons (Fsp3) is 0.667. The second kappa shape index (κ2) is 8.70. The largest absolute Gasteiger partial charge is 0.313 e. The monoisotopic (exact) mass is 307 g/mol. The summed E-state index contributed by atoms with van der Waals surface area (Å²) in [4.78, 5) is 0.981. The molecule has 2 nitrogen and oxygen atoms in total. The van der Waals surface area contributed by atoms with Crippen molar-refractivity contribution in [1.82, 2.24) is 5.32 Å². The Labute approximate surface area is 132 Å². The van der Waals surface area contributed by atoms with Crippen LogP contribution in [0.15, 0.2) is 29.2 Å². The van der Waals surface area contributed by atoms with Crippen LogP contribution in [0.25, 0.3) is 0 Å². The summed E-state index contributed by atoms with van der Waals surface area (Å²) in [7, 11) is -0.891. The molecule has 1 saturated carbocycles. The highest BCUT2D eigenvalue weighted by Gasteiger charge is 2.25. The third-order valence-corrected chi connectivity index (χ3v) is 5.90. The Balaban J connectivity index is 2.01. The molecule has 2 unspecified atom stereocenters. The number of benzene rings is 1. The Morgan fingerprint density at radius 3 is 2.71 bits per heavy atom. The molecular weight excluding hydrogens is 278 g/mol. The van der Waals surface area contributed by atoms with E-state index in [9.17, 15) is 4.21 Å². The van der Waals surface area contributed by atoms with Crippen LogP contribution >= 0.6 is 0 Å². The zero-order valence-corrected chi connectivity index (χ0v) is 14.3. The minimum absolute atomic E-state index is 0.409. The first-order valence-corrected chi connectivity index (χ1v) is 9.71. The van der Waals surface area contributed by atoms with E-state index in [1.807, 2.05) is 12.1 Å². The standard InChI is InChI=1S/C18H29NOS/c1-3-12-19-18(16-9-5-4-6-10-16)14-21(20)17-11-7-8-15(2)13-17/h7-8,11,13,16,18-19H,3-6,9-10,12,14H2,1-2H3. The molecule has 0 heterocycles. The normalized spacial score (nSPS) is 19.3. The van der Waals surface area contributed by atoms with Crippen molar-refractivity contribution in [3.05, 3.63) is 29.8 Å². The van der Waals surface area contributed by atoms with Crippen LogP contribution in [0.2, 0.25) is 0 Å². The summed E-state index contributed by atoms with van der Waals surface area (Å²) in [6, 6.07) is 8.55. The summed E-state index contributed by atoms with van der Waals surface area (Å²) in [5.41, 5.74) is 1.19. The average Bonchev–Trinajstić information content (AvgIpc) is 2.52. The van der Waals surface area contributed by atoms with Gasteiger partial charge in [0.1, 0.15) is 0 Å². The quantitative estimate of drug-likeness (QED) is 0.823. The minimum atomic E-state index is -0.891. The lowest BCUT2D eigenvalue weighted by atomic mass is 9.84. The van der Waals surface area contributed by atoms with Crippen molar-refractivity contribution in [3.8, 4) is 0 Å². The third kappa shape index (κ3) is 5.23. The fourth-order valence-electron chi connectivity index (χ4n) is 3.24. The molecule has 0 bridgehead atoms. The first-order valence-electron chi connectivity index (χ1n) is 8.39. The molecule has 0 spiro atoms. The van der Waals surface area contributed by atoms with E-state index in [0.717, 1.165) is 23.6 Å². The minimum Gasteiger partial charge on any atom is -0.313 e.